The monoisotopic (exact) mass is 258 g/mol. The van der Waals surface area contributed by atoms with Gasteiger partial charge in [0.1, 0.15) is 0 Å². The predicted octanol–water partition coefficient (Wildman–Crippen LogP) is 1.70. The van der Waals surface area contributed by atoms with E-state index in [-0.39, 0.29) is 11.7 Å². The minimum absolute atomic E-state index is 0.145. The standard InChI is InChI=1S/C15H18N2O2/c1-16(11-6-7-11)15(19)10-17-9-8-14(18)12-4-2-3-5-13(12)17/h2-5,11H,6-10H2,1H3. The summed E-state index contributed by atoms with van der Waals surface area (Å²) in [5, 5.41) is 0. The highest BCUT2D eigenvalue weighted by Gasteiger charge is 2.31. The van der Waals surface area contributed by atoms with Gasteiger partial charge in [-0.1, -0.05) is 12.1 Å². The molecule has 1 saturated carbocycles. The van der Waals surface area contributed by atoms with Crippen LogP contribution in [0, 0.1) is 0 Å². The van der Waals surface area contributed by atoms with Gasteiger partial charge in [-0.25, -0.2) is 0 Å². The van der Waals surface area contributed by atoms with E-state index in [0.29, 0.717) is 25.6 Å². The van der Waals surface area contributed by atoms with Crippen LogP contribution in [-0.2, 0) is 4.79 Å². The second kappa shape index (κ2) is 4.68. The average Bonchev–Trinajstić information content (AvgIpc) is 3.26. The zero-order valence-electron chi connectivity index (χ0n) is 11.1. The largest absolute Gasteiger partial charge is 0.361 e. The first-order valence-corrected chi connectivity index (χ1v) is 6.79. The molecule has 4 nitrogen and oxygen atoms in total. The van der Waals surface area contributed by atoms with Crippen LogP contribution < -0.4 is 4.90 Å². The highest BCUT2D eigenvalue weighted by atomic mass is 16.2. The van der Waals surface area contributed by atoms with Crippen molar-refractivity contribution >= 4 is 17.4 Å². The summed E-state index contributed by atoms with van der Waals surface area (Å²) in [6.45, 7) is 1.01. The number of nitrogens with zero attached hydrogens (tertiary/aromatic N) is 2. The molecule has 0 radical (unpaired) electrons. The molecule has 1 aromatic carbocycles. The van der Waals surface area contributed by atoms with Gasteiger partial charge in [-0.3, -0.25) is 9.59 Å². The van der Waals surface area contributed by atoms with Crippen molar-refractivity contribution in [2.24, 2.45) is 0 Å². The van der Waals surface area contributed by atoms with Gasteiger partial charge < -0.3 is 9.80 Å². The normalized spacial score (nSPS) is 18.2. The predicted molar refractivity (Wildman–Crippen MR) is 73.4 cm³/mol. The lowest BCUT2D eigenvalue weighted by Gasteiger charge is -2.31. The van der Waals surface area contributed by atoms with Gasteiger partial charge in [0.2, 0.25) is 5.91 Å². The van der Waals surface area contributed by atoms with Crippen LogP contribution in [0.2, 0.25) is 0 Å². The van der Waals surface area contributed by atoms with E-state index >= 15 is 0 Å². The maximum absolute atomic E-state index is 12.2. The molecule has 0 atom stereocenters. The number of hydrogen-bond donors (Lipinski definition) is 0. The first-order chi connectivity index (χ1) is 9.16. The summed E-state index contributed by atoms with van der Waals surface area (Å²) < 4.78 is 0. The zero-order valence-corrected chi connectivity index (χ0v) is 11.1. The van der Waals surface area contributed by atoms with Crippen molar-refractivity contribution in [3.05, 3.63) is 29.8 Å². The number of para-hydroxylation sites is 1. The van der Waals surface area contributed by atoms with E-state index in [2.05, 4.69) is 0 Å². The average molecular weight is 258 g/mol. The maximum atomic E-state index is 12.2. The fourth-order valence-electron chi connectivity index (χ4n) is 2.58. The molecule has 1 aliphatic heterocycles. The second-order valence-corrected chi connectivity index (χ2v) is 5.35. The Morgan fingerprint density at radius 2 is 2.11 bits per heavy atom. The number of Topliss-reactive ketones (excluding diaryl/α,β-unsaturated/α-hetero) is 1. The molecule has 100 valence electrons. The Labute approximate surface area is 113 Å². The van der Waals surface area contributed by atoms with Crippen molar-refractivity contribution in [3.8, 4) is 0 Å². The van der Waals surface area contributed by atoms with Gasteiger partial charge in [-0.15, -0.1) is 0 Å². The first kappa shape index (κ1) is 12.2. The van der Waals surface area contributed by atoms with E-state index in [4.69, 9.17) is 0 Å². The third-order valence-corrected chi connectivity index (χ3v) is 3.97. The first-order valence-electron chi connectivity index (χ1n) is 6.79. The van der Waals surface area contributed by atoms with Gasteiger partial charge in [0.05, 0.1) is 6.54 Å². The molecule has 1 fully saturated rings. The summed E-state index contributed by atoms with van der Waals surface area (Å²) in [5.74, 6) is 0.321. The van der Waals surface area contributed by atoms with Crippen LogP contribution in [-0.4, -0.2) is 42.8 Å². The van der Waals surface area contributed by atoms with E-state index in [0.717, 1.165) is 24.1 Å². The van der Waals surface area contributed by atoms with Crippen molar-refractivity contribution in [1.29, 1.82) is 0 Å². The van der Waals surface area contributed by atoms with E-state index in [1.54, 1.807) is 0 Å². The fourth-order valence-corrected chi connectivity index (χ4v) is 2.58. The summed E-state index contributed by atoms with van der Waals surface area (Å²) in [4.78, 5) is 27.9. The maximum Gasteiger partial charge on any atom is 0.242 e. The molecule has 0 aromatic heterocycles. The van der Waals surface area contributed by atoms with E-state index in [1.807, 2.05) is 41.1 Å². The second-order valence-electron chi connectivity index (χ2n) is 5.35. The van der Waals surface area contributed by atoms with Gasteiger partial charge in [0.25, 0.3) is 0 Å². The molecule has 0 bridgehead atoms. The Hall–Kier alpha value is -1.84. The van der Waals surface area contributed by atoms with Crippen LogP contribution >= 0.6 is 0 Å². The Kier molecular flexibility index (Phi) is 3.01. The van der Waals surface area contributed by atoms with Crippen LogP contribution in [0.4, 0.5) is 5.69 Å². The summed E-state index contributed by atoms with van der Waals surface area (Å²) >= 11 is 0. The SMILES string of the molecule is CN(C(=O)CN1CCC(=O)c2ccccc21)C1CC1. The molecular weight excluding hydrogens is 240 g/mol. The lowest BCUT2D eigenvalue weighted by Crippen LogP contribution is -2.42. The number of rotatable bonds is 3. The molecule has 1 amide bonds. The molecule has 1 aliphatic carbocycles. The van der Waals surface area contributed by atoms with Crippen LogP contribution in [0.5, 0.6) is 0 Å². The summed E-state index contributed by atoms with van der Waals surface area (Å²) in [5.41, 5.74) is 1.65. The number of fused-ring (bicyclic) bond motifs is 1. The van der Waals surface area contributed by atoms with Crippen molar-refractivity contribution in [3.63, 3.8) is 0 Å². The number of amides is 1. The van der Waals surface area contributed by atoms with E-state index in [1.165, 1.54) is 0 Å². The van der Waals surface area contributed by atoms with E-state index in [9.17, 15) is 9.59 Å². The zero-order chi connectivity index (χ0) is 13.4. The van der Waals surface area contributed by atoms with Gasteiger partial charge >= 0.3 is 0 Å². The van der Waals surface area contributed by atoms with Crippen LogP contribution in [0.15, 0.2) is 24.3 Å². The molecule has 2 aliphatic rings. The van der Waals surface area contributed by atoms with Crippen molar-refractivity contribution < 1.29 is 9.59 Å². The number of hydrogen-bond acceptors (Lipinski definition) is 3. The van der Waals surface area contributed by atoms with Crippen molar-refractivity contribution in [1.82, 2.24) is 4.90 Å². The Balaban J connectivity index is 1.77. The van der Waals surface area contributed by atoms with Crippen molar-refractivity contribution in [2.45, 2.75) is 25.3 Å². The number of ketones is 1. The van der Waals surface area contributed by atoms with E-state index < -0.39 is 0 Å². The van der Waals surface area contributed by atoms with Gasteiger partial charge in [0, 0.05) is 37.3 Å². The Bertz CT molecular complexity index is 523. The summed E-state index contributed by atoms with van der Waals surface area (Å²) in [6, 6.07) is 8.00. The molecule has 0 saturated heterocycles. The highest BCUT2D eigenvalue weighted by molar-refractivity contribution is 6.04. The number of carbonyl (C=O) groups excluding carboxylic acids is 2. The molecule has 1 heterocycles. The number of anilines is 1. The quantitative estimate of drug-likeness (QED) is 0.828. The number of likely N-dealkylation sites (N-methyl/N-ethyl adjacent to an activating group) is 1. The van der Waals surface area contributed by atoms with Crippen LogP contribution in [0.25, 0.3) is 0 Å². The Morgan fingerprint density at radius 3 is 2.84 bits per heavy atom. The molecule has 3 rings (SSSR count). The third-order valence-electron chi connectivity index (χ3n) is 3.97. The summed E-state index contributed by atoms with van der Waals surface area (Å²) in [6.07, 6.45) is 2.74. The van der Waals surface area contributed by atoms with Crippen LogP contribution in [0.1, 0.15) is 29.6 Å². The van der Waals surface area contributed by atoms with Gasteiger partial charge in [-0.05, 0) is 25.0 Å². The lowest BCUT2D eigenvalue weighted by molar-refractivity contribution is -0.128. The minimum Gasteiger partial charge on any atom is -0.361 e. The minimum atomic E-state index is 0.145. The molecule has 0 spiro atoms. The molecule has 4 heteroatoms. The number of carbonyl (C=O) groups is 2. The number of benzene rings is 1. The molecule has 19 heavy (non-hydrogen) atoms. The molecule has 0 N–H and O–H groups in total. The van der Waals surface area contributed by atoms with Gasteiger partial charge in [-0.2, -0.15) is 0 Å². The smallest absolute Gasteiger partial charge is 0.242 e. The fraction of sp³-hybridized carbons (Fsp3) is 0.467. The highest BCUT2D eigenvalue weighted by Crippen LogP contribution is 2.28. The molecule has 0 unspecified atom stereocenters. The summed E-state index contributed by atoms with van der Waals surface area (Å²) in [7, 11) is 1.88. The van der Waals surface area contributed by atoms with Crippen LogP contribution in [0.3, 0.4) is 0 Å². The Morgan fingerprint density at radius 1 is 1.37 bits per heavy atom. The lowest BCUT2D eigenvalue weighted by atomic mass is 10.0. The topological polar surface area (TPSA) is 40.6 Å². The van der Waals surface area contributed by atoms with Crippen molar-refractivity contribution in [2.75, 3.05) is 25.0 Å². The molecule has 1 aromatic rings. The third kappa shape index (κ3) is 2.35. The molecular formula is C15H18N2O2. The van der Waals surface area contributed by atoms with Gasteiger partial charge in [0.15, 0.2) is 5.78 Å².